The summed E-state index contributed by atoms with van der Waals surface area (Å²) >= 11 is 0. The molecule has 1 saturated heterocycles. The number of aliphatic hydroxyl groups is 1. The maximum Gasteiger partial charge on any atom is 0.313 e. The Balaban J connectivity index is 1.74. The van der Waals surface area contributed by atoms with E-state index in [9.17, 15) is 14.3 Å². The highest BCUT2D eigenvalue weighted by Crippen LogP contribution is 2.28. The monoisotopic (exact) mass is 377 g/mol. The molecule has 1 aliphatic rings. The number of esters is 1. The molecule has 1 aromatic heterocycles. The maximum absolute atomic E-state index is 13.1. The topological polar surface area (TPSA) is 79.0 Å². The molecule has 2 heterocycles. The molecule has 7 nitrogen and oxygen atoms in total. The zero-order valence-corrected chi connectivity index (χ0v) is 15.5. The van der Waals surface area contributed by atoms with E-state index in [1.807, 2.05) is 0 Å². The van der Waals surface area contributed by atoms with Crippen molar-refractivity contribution in [1.29, 1.82) is 0 Å². The summed E-state index contributed by atoms with van der Waals surface area (Å²) in [4.78, 5) is 16.6. The van der Waals surface area contributed by atoms with Crippen molar-refractivity contribution in [3.05, 3.63) is 41.8 Å². The van der Waals surface area contributed by atoms with Gasteiger partial charge >= 0.3 is 5.97 Å². The average molecular weight is 377 g/mol. The van der Waals surface area contributed by atoms with Crippen LogP contribution in [0.4, 0.5) is 4.39 Å². The minimum absolute atomic E-state index is 0.249. The van der Waals surface area contributed by atoms with Crippen LogP contribution in [0, 0.1) is 11.7 Å². The third kappa shape index (κ3) is 4.71. The molecule has 2 atom stereocenters. The zero-order chi connectivity index (χ0) is 19.4. The lowest BCUT2D eigenvalue weighted by Gasteiger charge is -2.34. The molecular weight excluding hydrogens is 353 g/mol. The van der Waals surface area contributed by atoms with Crippen LogP contribution in [0.3, 0.4) is 0 Å². The van der Waals surface area contributed by atoms with Gasteiger partial charge in [0.25, 0.3) is 0 Å². The van der Waals surface area contributed by atoms with E-state index in [0.717, 1.165) is 26.2 Å². The van der Waals surface area contributed by atoms with Crippen LogP contribution in [0.1, 0.15) is 11.8 Å². The number of methoxy groups -OCH3 is 1. The predicted molar refractivity (Wildman–Crippen MR) is 96.3 cm³/mol. The molecule has 0 saturated carbocycles. The molecule has 0 unspecified atom stereocenters. The van der Waals surface area contributed by atoms with Gasteiger partial charge in [0.2, 0.25) is 0 Å². The summed E-state index contributed by atoms with van der Waals surface area (Å²) in [6, 6.07) is 7.33. The van der Waals surface area contributed by atoms with Crippen LogP contribution in [0.25, 0.3) is 11.3 Å². The Bertz CT molecular complexity index is 757. The lowest BCUT2D eigenvalue weighted by molar-refractivity contribution is -0.151. The SMILES string of the molecule is COC(=O)[C@H](CN1CCN(C)CC1)[C@H](O)c1cc(-c2ccc(F)cc2)on1. The van der Waals surface area contributed by atoms with E-state index in [2.05, 4.69) is 22.0 Å². The Kier molecular flexibility index (Phi) is 6.20. The lowest BCUT2D eigenvalue weighted by Crippen LogP contribution is -2.48. The van der Waals surface area contributed by atoms with Crippen molar-refractivity contribution in [2.45, 2.75) is 6.10 Å². The summed E-state index contributed by atoms with van der Waals surface area (Å²) in [7, 11) is 3.36. The second-order valence-electron chi connectivity index (χ2n) is 6.80. The van der Waals surface area contributed by atoms with Crippen molar-refractivity contribution in [3.8, 4) is 11.3 Å². The first-order valence-corrected chi connectivity index (χ1v) is 8.87. The Labute approximate surface area is 157 Å². The summed E-state index contributed by atoms with van der Waals surface area (Å²) in [5, 5.41) is 14.7. The Morgan fingerprint density at radius 1 is 1.30 bits per heavy atom. The first-order valence-electron chi connectivity index (χ1n) is 8.87. The van der Waals surface area contributed by atoms with Gasteiger partial charge in [0.1, 0.15) is 23.5 Å². The number of carbonyl (C=O) groups excluding carboxylic acids is 1. The number of aliphatic hydroxyl groups excluding tert-OH is 1. The Morgan fingerprint density at radius 2 is 1.96 bits per heavy atom. The fourth-order valence-corrected chi connectivity index (χ4v) is 3.15. The number of rotatable bonds is 6. The Hall–Kier alpha value is -2.29. The van der Waals surface area contributed by atoms with Crippen molar-refractivity contribution in [1.82, 2.24) is 15.0 Å². The first kappa shape index (κ1) is 19.5. The third-order valence-electron chi connectivity index (χ3n) is 4.90. The molecule has 0 aliphatic carbocycles. The van der Waals surface area contributed by atoms with Gasteiger partial charge in [-0.2, -0.15) is 0 Å². The highest BCUT2D eigenvalue weighted by Gasteiger charge is 2.33. The standard InChI is InChI=1S/C19H24FN3O4/c1-22-7-9-23(10-8-22)12-15(19(25)26-2)18(24)16-11-17(27-21-16)13-3-5-14(20)6-4-13/h3-6,11,15,18,24H,7-10,12H2,1-2H3/t15-,18+/m1/s1. The highest BCUT2D eigenvalue weighted by atomic mass is 19.1. The van der Waals surface area contributed by atoms with Gasteiger partial charge in [-0.25, -0.2) is 4.39 Å². The van der Waals surface area contributed by atoms with E-state index in [1.165, 1.54) is 19.2 Å². The van der Waals surface area contributed by atoms with Crippen molar-refractivity contribution >= 4 is 5.97 Å². The number of aromatic nitrogens is 1. The molecule has 0 amide bonds. The normalized spacial score (nSPS) is 18.2. The average Bonchev–Trinajstić information content (AvgIpc) is 3.17. The first-order chi connectivity index (χ1) is 13.0. The van der Waals surface area contributed by atoms with Crippen molar-refractivity contribution in [3.63, 3.8) is 0 Å². The summed E-state index contributed by atoms with van der Waals surface area (Å²) in [5.41, 5.74) is 0.884. The molecule has 2 aromatic rings. The largest absolute Gasteiger partial charge is 0.469 e. The van der Waals surface area contributed by atoms with Gasteiger partial charge in [-0.3, -0.25) is 9.69 Å². The molecule has 1 aromatic carbocycles. The summed E-state index contributed by atoms with van der Waals surface area (Å²) in [5.74, 6) is -1.22. The molecule has 0 bridgehead atoms. The molecule has 0 spiro atoms. The van der Waals surface area contributed by atoms with Crippen LogP contribution in [-0.2, 0) is 9.53 Å². The maximum atomic E-state index is 13.1. The Morgan fingerprint density at radius 3 is 2.59 bits per heavy atom. The van der Waals surface area contributed by atoms with Gasteiger partial charge < -0.3 is 19.3 Å². The van der Waals surface area contributed by atoms with Gasteiger partial charge in [0.15, 0.2) is 5.76 Å². The number of hydrogen-bond acceptors (Lipinski definition) is 7. The zero-order valence-electron chi connectivity index (χ0n) is 15.5. The van der Waals surface area contributed by atoms with Gasteiger partial charge in [0.05, 0.1) is 7.11 Å². The van der Waals surface area contributed by atoms with Gasteiger partial charge in [-0.1, -0.05) is 5.16 Å². The number of nitrogens with zero attached hydrogens (tertiary/aromatic N) is 3. The van der Waals surface area contributed by atoms with E-state index >= 15 is 0 Å². The van der Waals surface area contributed by atoms with E-state index in [1.54, 1.807) is 18.2 Å². The van der Waals surface area contributed by atoms with Crippen LogP contribution in [0.5, 0.6) is 0 Å². The number of ether oxygens (including phenoxy) is 1. The summed E-state index contributed by atoms with van der Waals surface area (Å²) in [6.45, 7) is 3.82. The molecular formula is C19H24FN3O4. The van der Waals surface area contributed by atoms with Gasteiger partial charge in [-0.15, -0.1) is 0 Å². The number of benzene rings is 1. The van der Waals surface area contributed by atoms with Gasteiger partial charge in [-0.05, 0) is 31.3 Å². The van der Waals surface area contributed by atoms with Crippen molar-refractivity contribution in [2.75, 3.05) is 46.9 Å². The summed E-state index contributed by atoms with van der Waals surface area (Å²) < 4.78 is 23.2. The smallest absolute Gasteiger partial charge is 0.313 e. The summed E-state index contributed by atoms with van der Waals surface area (Å²) in [6.07, 6.45) is -1.16. The third-order valence-corrected chi connectivity index (χ3v) is 4.90. The van der Waals surface area contributed by atoms with Crippen LogP contribution in [0.15, 0.2) is 34.9 Å². The molecule has 3 rings (SSSR count). The minimum Gasteiger partial charge on any atom is -0.469 e. The minimum atomic E-state index is -1.16. The number of carbonyl (C=O) groups is 1. The number of hydrogen-bond donors (Lipinski definition) is 1. The van der Waals surface area contributed by atoms with E-state index in [4.69, 9.17) is 9.26 Å². The van der Waals surface area contributed by atoms with Crippen molar-refractivity contribution < 1.29 is 23.6 Å². The van der Waals surface area contributed by atoms with E-state index in [-0.39, 0.29) is 11.5 Å². The molecule has 146 valence electrons. The van der Waals surface area contributed by atoms with Gasteiger partial charge in [0, 0.05) is 44.4 Å². The fourth-order valence-electron chi connectivity index (χ4n) is 3.15. The van der Waals surface area contributed by atoms with Crippen molar-refractivity contribution in [2.24, 2.45) is 5.92 Å². The highest BCUT2D eigenvalue weighted by molar-refractivity contribution is 5.73. The van der Waals surface area contributed by atoms with E-state index in [0.29, 0.717) is 17.9 Å². The quantitative estimate of drug-likeness (QED) is 0.765. The van der Waals surface area contributed by atoms with Crippen LogP contribution >= 0.6 is 0 Å². The molecule has 1 fully saturated rings. The van der Waals surface area contributed by atoms with Crippen LogP contribution in [0.2, 0.25) is 0 Å². The van der Waals surface area contributed by atoms with E-state index < -0.39 is 18.0 Å². The number of likely N-dealkylation sites (N-methyl/N-ethyl adjacent to an activating group) is 1. The molecule has 0 radical (unpaired) electrons. The number of piperazine rings is 1. The predicted octanol–water partition coefficient (Wildman–Crippen LogP) is 1.55. The molecule has 1 N–H and O–H groups in total. The number of halogens is 1. The molecule has 27 heavy (non-hydrogen) atoms. The fraction of sp³-hybridized carbons (Fsp3) is 0.474. The lowest BCUT2D eigenvalue weighted by atomic mass is 9.98. The second-order valence-corrected chi connectivity index (χ2v) is 6.80. The molecule has 8 heteroatoms. The van der Waals surface area contributed by atoms with Crippen LogP contribution in [-0.4, -0.2) is 72.9 Å². The molecule has 1 aliphatic heterocycles. The second kappa shape index (κ2) is 8.60. The van der Waals surface area contributed by atoms with Crippen LogP contribution < -0.4 is 0 Å².